The van der Waals surface area contributed by atoms with E-state index in [2.05, 4.69) is 5.10 Å². The lowest BCUT2D eigenvalue weighted by Crippen LogP contribution is -2.24. The molecule has 1 aromatic heterocycles. The molecule has 2 N–H and O–H groups in total. The molecule has 0 bridgehead atoms. The summed E-state index contributed by atoms with van der Waals surface area (Å²) < 4.78 is 1.34. The van der Waals surface area contributed by atoms with Crippen molar-refractivity contribution in [3.63, 3.8) is 0 Å². The van der Waals surface area contributed by atoms with Gasteiger partial charge in [0.25, 0.3) is 5.56 Å². The van der Waals surface area contributed by atoms with Gasteiger partial charge in [-0.2, -0.15) is 5.10 Å². The van der Waals surface area contributed by atoms with Crippen LogP contribution in [0.25, 0.3) is 0 Å². The number of aromatic nitrogens is 2. The quantitative estimate of drug-likeness (QED) is 0.724. The van der Waals surface area contributed by atoms with Crippen molar-refractivity contribution in [3.05, 3.63) is 22.1 Å². The van der Waals surface area contributed by atoms with Crippen LogP contribution in [0.3, 0.4) is 0 Å². The molecule has 4 heteroatoms. The van der Waals surface area contributed by atoms with Gasteiger partial charge in [0.05, 0.1) is 5.69 Å². The zero-order valence-corrected chi connectivity index (χ0v) is 8.36. The van der Waals surface area contributed by atoms with Gasteiger partial charge in [0.15, 0.2) is 0 Å². The van der Waals surface area contributed by atoms with E-state index in [4.69, 9.17) is 5.73 Å². The first-order valence-electron chi connectivity index (χ1n) is 5.02. The Kier molecular flexibility index (Phi) is 2.27. The Hall–Kier alpha value is -1.32. The van der Waals surface area contributed by atoms with Gasteiger partial charge in [-0.1, -0.05) is 12.8 Å². The zero-order chi connectivity index (χ0) is 10.1. The van der Waals surface area contributed by atoms with Gasteiger partial charge in [0, 0.05) is 13.0 Å². The number of anilines is 1. The average Bonchev–Trinajstić information content (AvgIpc) is 2.66. The molecule has 4 nitrogen and oxygen atoms in total. The van der Waals surface area contributed by atoms with Gasteiger partial charge in [-0.15, -0.1) is 0 Å². The molecule has 0 amide bonds. The van der Waals surface area contributed by atoms with Crippen molar-refractivity contribution in [1.29, 1.82) is 0 Å². The summed E-state index contributed by atoms with van der Waals surface area (Å²) in [5.41, 5.74) is 6.70. The number of rotatable bonds is 1. The summed E-state index contributed by atoms with van der Waals surface area (Å²) >= 11 is 0. The number of aryl methyl sites for hydroxylation is 1. The third-order valence-electron chi connectivity index (χ3n) is 2.88. The number of nitrogen functional groups attached to an aromatic ring is 1. The van der Waals surface area contributed by atoms with Crippen LogP contribution in [-0.4, -0.2) is 9.78 Å². The topological polar surface area (TPSA) is 60.9 Å². The molecule has 0 unspecified atom stereocenters. The Morgan fingerprint density at radius 2 is 2.14 bits per heavy atom. The Morgan fingerprint density at radius 3 is 2.71 bits per heavy atom. The molecular weight excluding hydrogens is 178 g/mol. The summed E-state index contributed by atoms with van der Waals surface area (Å²) in [7, 11) is 1.65. The predicted octanol–water partition coefficient (Wildman–Crippen LogP) is 1.02. The Bertz CT molecular complexity index is 365. The van der Waals surface area contributed by atoms with Gasteiger partial charge in [0.2, 0.25) is 0 Å². The number of hydrogen-bond donors (Lipinski definition) is 1. The summed E-state index contributed by atoms with van der Waals surface area (Å²) in [6, 6.07) is 1.73. The number of nitrogens with two attached hydrogens (primary N) is 1. The van der Waals surface area contributed by atoms with E-state index in [0.717, 1.165) is 5.69 Å². The fraction of sp³-hybridized carbons (Fsp3) is 0.600. The van der Waals surface area contributed by atoms with Crippen LogP contribution < -0.4 is 11.3 Å². The Morgan fingerprint density at radius 1 is 1.50 bits per heavy atom. The van der Waals surface area contributed by atoms with E-state index in [-0.39, 0.29) is 5.56 Å². The minimum Gasteiger partial charge on any atom is -0.394 e. The van der Waals surface area contributed by atoms with E-state index < -0.39 is 0 Å². The first-order valence-corrected chi connectivity index (χ1v) is 5.02. The molecule has 1 aliphatic rings. The van der Waals surface area contributed by atoms with Gasteiger partial charge in [0.1, 0.15) is 5.69 Å². The molecule has 1 aliphatic carbocycles. The van der Waals surface area contributed by atoms with Crippen LogP contribution in [0.2, 0.25) is 0 Å². The maximum atomic E-state index is 11.3. The Balaban J connectivity index is 2.39. The molecule has 0 atom stereocenters. The van der Waals surface area contributed by atoms with Crippen molar-refractivity contribution >= 4 is 5.69 Å². The highest BCUT2D eigenvalue weighted by atomic mass is 16.1. The highest BCUT2D eigenvalue weighted by molar-refractivity contribution is 5.36. The van der Waals surface area contributed by atoms with Gasteiger partial charge in [-0.05, 0) is 18.9 Å². The second-order valence-corrected chi connectivity index (χ2v) is 3.93. The molecule has 0 spiro atoms. The number of nitrogens with zero attached hydrogens (tertiary/aromatic N) is 2. The predicted molar refractivity (Wildman–Crippen MR) is 55.1 cm³/mol. The van der Waals surface area contributed by atoms with E-state index in [0.29, 0.717) is 11.6 Å². The van der Waals surface area contributed by atoms with Crippen molar-refractivity contribution in [2.45, 2.75) is 31.6 Å². The molecule has 1 heterocycles. The van der Waals surface area contributed by atoms with Crippen LogP contribution in [0.5, 0.6) is 0 Å². The number of hydrogen-bond acceptors (Lipinski definition) is 3. The normalized spacial score (nSPS) is 17.5. The van der Waals surface area contributed by atoms with Gasteiger partial charge < -0.3 is 5.73 Å². The minimum atomic E-state index is -0.202. The maximum Gasteiger partial charge on any atom is 0.289 e. The van der Waals surface area contributed by atoms with Crippen LogP contribution in [-0.2, 0) is 7.05 Å². The smallest absolute Gasteiger partial charge is 0.289 e. The van der Waals surface area contributed by atoms with Crippen molar-refractivity contribution < 1.29 is 0 Å². The van der Waals surface area contributed by atoms with E-state index in [1.54, 1.807) is 13.1 Å². The second kappa shape index (κ2) is 3.44. The zero-order valence-electron chi connectivity index (χ0n) is 8.36. The minimum absolute atomic E-state index is 0.202. The van der Waals surface area contributed by atoms with E-state index in [1.165, 1.54) is 30.4 Å². The largest absolute Gasteiger partial charge is 0.394 e. The van der Waals surface area contributed by atoms with Crippen molar-refractivity contribution in [1.82, 2.24) is 9.78 Å². The van der Waals surface area contributed by atoms with Crippen LogP contribution in [0.4, 0.5) is 5.69 Å². The monoisotopic (exact) mass is 193 g/mol. The standard InChI is InChI=1S/C10H15N3O/c1-13-10(14)8(11)6-9(12-13)7-4-2-3-5-7/h6-7H,2-5,11H2,1H3. The van der Waals surface area contributed by atoms with E-state index in [9.17, 15) is 4.79 Å². The Labute approximate surface area is 82.7 Å². The van der Waals surface area contributed by atoms with Crippen LogP contribution in [0.15, 0.2) is 10.9 Å². The highest BCUT2D eigenvalue weighted by Gasteiger charge is 2.19. The summed E-state index contributed by atoms with van der Waals surface area (Å²) in [5, 5.41) is 4.24. The fourth-order valence-electron chi connectivity index (χ4n) is 2.08. The molecule has 14 heavy (non-hydrogen) atoms. The van der Waals surface area contributed by atoms with Gasteiger partial charge >= 0.3 is 0 Å². The molecule has 1 fully saturated rings. The van der Waals surface area contributed by atoms with E-state index in [1.807, 2.05) is 0 Å². The summed E-state index contributed by atoms with van der Waals surface area (Å²) in [4.78, 5) is 11.3. The summed E-state index contributed by atoms with van der Waals surface area (Å²) in [6.07, 6.45) is 4.86. The average molecular weight is 193 g/mol. The molecule has 1 saturated carbocycles. The molecule has 1 aromatic rings. The molecule has 0 radical (unpaired) electrons. The van der Waals surface area contributed by atoms with E-state index >= 15 is 0 Å². The summed E-state index contributed by atoms with van der Waals surface area (Å²) in [6.45, 7) is 0. The van der Waals surface area contributed by atoms with Crippen molar-refractivity contribution in [3.8, 4) is 0 Å². The fourth-order valence-corrected chi connectivity index (χ4v) is 2.08. The molecule has 0 aliphatic heterocycles. The first-order chi connectivity index (χ1) is 6.68. The molecule has 0 saturated heterocycles. The third-order valence-corrected chi connectivity index (χ3v) is 2.88. The molecular formula is C10H15N3O. The second-order valence-electron chi connectivity index (χ2n) is 3.93. The lowest BCUT2D eigenvalue weighted by molar-refractivity contribution is 0.618. The lowest BCUT2D eigenvalue weighted by Gasteiger charge is -2.09. The van der Waals surface area contributed by atoms with Crippen molar-refractivity contribution in [2.24, 2.45) is 7.05 Å². The van der Waals surface area contributed by atoms with Crippen LogP contribution >= 0.6 is 0 Å². The van der Waals surface area contributed by atoms with Crippen molar-refractivity contribution in [2.75, 3.05) is 5.73 Å². The van der Waals surface area contributed by atoms with Gasteiger partial charge in [-0.25, -0.2) is 4.68 Å². The lowest BCUT2D eigenvalue weighted by atomic mass is 10.0. The molecule has 76 valence electrons. The summed E-state index contributed by atoms with van der Waals surface area (Å²) in [5.74, 6) is 0.504. The maximum absolute atomic E-state index is 11.3. The van der Waals surface area contributed by atoms with Crippen LogP contribution in [0.1, 0.15) is 37.3 Å². The molecule has 0 aromatic carbocycles. The van der Waals surface area contributed by atoms with Crippen LogP contribution in [0, 0.1) is 0 Å². The first kappa shape index (κ1) is 9.24. The molecule has 2 rings (SSSR count). The SMILES string of the molecule is Cn1nc(C2CCCC2)cc(N)c1=O. The third kappa shape index (κ3) is 1.52. The van der Waals surface area contributed by atoms with Gasteiger partial charge in [-0.3, -0.25) is 4.79 Å². The highest BCUT2D eigenvalue weighted by Crippen LogP contribution is 2.32.